The van der Waals surface area contributed by atoms with E-state index in [0.29, 0.717) is 30.0 Å². The Kier molecular flexibility index (Phi) is 2.81. The average Bonchev–Trinajstić information content (AvgIpc) is 3.18. The van der Waals surface area contributed by atoms with Gasteiger partial charge in [0.15, 0.2) is 17.7 Å². The summed E-state index contributed by atoms with van der Waals surface area (Å²) in [6.07, 6.45) is 3.15. The van der Waals surface area contributed by atoms with Crippen LogP contribution in [0.2, 0.25) is 0 Å². The van der Waals surface area contributed by atoms with E-state index in [1.165, 1.54) is 13.3 Å². The number of carbonyl (C=O) groups is 1. The molecule has 0 saturated carbocycles. The number of aromatic nitrogens is 4. The standard InChI is InChI=1S/C13H15N5O4/c1-7(19)20-3-13-2-8(21-4-13)12(22-13)18-6-17-9-10(14)15-5-16-11(9)18/h5-6,8,12H,2-4H2,1H3,(H2,14,15,16)/t8-,12-,13+/m1/s1. The monoisotopic (exact) mass is 305 g/mol. The van der Waals surface area contributed by atoms with Gasteiger partial charge in [-0.25, -0.2) is 15.0 Å². The highest BCUT2D eigenvalue weighted by Gasteiger charge is 2.55. The first-order valence-electron chi connectivity index (χ1n) is 6.94. The molecule has 2 aromatic rings. The Morgan fingerprint density at radius 3 is 3.23 bits per heavy atom. The van der Waals surface area contributed by atoms with Crippen LogP contribution in [0, 0.1) is 0 Å². The lowest BCUT2D eigenvalue weighted by Crippen LogP contribution is -2.40. The molecular formula is C13H15N5O4. The van der Waals surface area contributed by atoms with E-state index < -0.39 is 5.60 Å². The van der Waals surface area contributed by atoms with Crippen LogP contribution in [0.15, 0.2) is 12.7 Å². The van der Waals surface area contributed by atoms with Gasteiger partial charge in [-0.2, -0.15) is 0 Å². The summed E-state index contributed by atoms with van der Waals surface area (Å²) >= 11 is 0. The number of ether oxygens (including phenoxy) is 3. The fourth-order valence-electron chi connectivity index (χ4n) is 3.00. The van der Waals surface area contributed by atoms with Gasteiger partial charge in [-0.3, -0.25) is 9.36 Å². The number of fused-ring (bicyclic) bond motifs is 3. The number of nitrogens with two attached hydrogens (primary N) is 1. The highest BCUT2D eigenvalue weighted by atomic mass is 16.6. The van der Waals surface area contributed by atoms with E-state index in [2.05, 4.69) is 15.0 Å². The van der Waals surface area contributed by atoms with Crippen molar-refractivity contribution >= 4 is 23.0 Å². The largest absolute Gasteiger partial charge is 0.463 e. The summed E-state index contributed by atoms with van der Waals surface area (Å²) in [6.45, 7) is 1.96. The molecule has 2 saturated heterocycles. The van der Waals surface area contributed by atoms with Crippen LogP contribution in [-0.2, 0) is 19.0 Å². The van der Waals surface area contributed by atoms with Crippen LogP contribution in [0.4, 0.5) is 5.82 Å². The number of hydrogen-bond acceptors (Lipinski definition) is 8. The Hall–Kier alpha value is -2.26. The molecule has 116 valence electrons. The van der Waals surface area contributed by atoms with Crippen LogP contribution in [0.3, 0.4) is 0 Å². The SMILES string of the molecule is CC(=O)OC[C@]12CO[C@H](C1)[C@H](n1cnc3c(N)ncnc31)O2. The fourth-order valence-corrected chi connectivity index (χ4v) is 3.00. The number of carbonyl (C=O) groups excluding carboxylic acids is 1. The predicted molar refractivity (Wildman–Crippen MR) is 73.6 cm³/mol. The lowest BCUT2D eigenvalue weighted by Gasteiger charge is -2.30. The first-order chi connectivity index (χ1) is 10.6. The van der Waals surface area contributed by atoms with Gasteiger partial charge in [-0.15, -0.1) is 0 Å². The molecule has 0 aromatic carbocycles. The molecular weight excluding hydrogens is 290 g/mol. The van der Waals surface area contributed by atoms with Gasteiger partial charge in [0.05, 0.1) is 12.9 Å². The zero-order valence-corrected chi connectivity index (χ0v) is 11.9. The van der Waals surface area contributed by atoms with Crippen LogP contribution in [-0.4, -0.2) is 50.4 Å². The number of nitrogen functional groups attached to an aromatic ring is 1. The summed E-state index contributed by atoms with van der Waals surface area (Å²) in [5, 5.41) is 0. The van der Waals surface area contributed by atoms with Crippen molar-refractivity contribution in [3.8, 4) is 0 Å². The van der Waals surface area contributed by atoms with Crippen molar-refractivity contribution < 1.29 is 19.0 Å². The van der Waals surface area contributed by atoms with E-state index in [-0.39, 0.29) is 24.9 Å². The number of hydrogen-bond donors (Lipinski definition) is 1. The van der Waals surface area contributed by atoms with Crippen LogP contribution in [0.25, 0.3) is 11.2 Å². The van der Waals surface area contributed by atoms with Gasteiger partial charge in [0.2, 0.25) is 0 Å². The fraction of sp³-hybridized carbons (Fsp3) is 0.538. The summed E-state index contributed by atoms with van der Waals surface area (Å²) in [5.74, 6) is -0.0130. The summed E-state index contributed by atoms with van der Waals surface area (Å²) in [5.41, 5.74) is 6.32. The Balaban J connectivity index is 1.64. The molecule has 9 heteroatoms. The van der Waals surface area contributed by atoms with Crippen LogP contribution in [0.1, 0.15) is 19.6 Å². The van der Waals surface area contributed by atoms with Crippen molar-refractivity contribution in [3.05, 3.63) is 12.7 Å². The third kappa shape index (κ3) is 1.93. The lowest BCUT2D eigenvalue weighted by molar-refractivity contribution is -0.191. The highest BCUT2D eigenvalue weighted by Crippen LogP contribution is 2.45. The molecule has 3 atom stereocenters. The second kappa shape index (κ2) is 4.62. The zero-order valence-electron chi connectivity index (χ0n) is 11.9. The van der Waals surface area contributed by atoms with E-state index in [1.54, 1.807) is 10.9 Å². The van der Waals surface area contributed by atoms with Crippen LogP contribution >= 0.6 is 0 Å². The molecule has 2 aromatic heterocycles. The first kappa shape index (κ1) is 13.4. The maximum atomic E-state index is 11.0. The van der Waals surface area contributed by atoms with Gasteiger partial charge in [0.25, 0.3) is 0 Å². The van der Waals surface area contributed by atoms with Crippen LogP contribution in [0.5, 0.6) is 0 Å². The molecule has 22 heavy (non-hydrogen) atoms. The first-order valence-corrected chi connectivity index (χ1v) is 6.94. The highest BCUT2D eigenvalue weighted by molar-refractivity contribution is 5.81. The Bertz CT molecular complexity index is 747. The maximum Gasteiger partial charge on any atom is 0.302 e. The van der Waals surface area contributed by atoms with Gasteiger partial charge in [-0.05, 0) is 0 Å². The topological polar surface area (TPSA) is 114 Å². The molecule has 0 radical (unpaired) electrons. The van der Waals surface area contributed by atoms with Crippen LogP contribution < -0.4 is 5.73 Å². The molecule has 0 spiro atoms. The van der Waals surface area contributed by atoms with Crippen molar-refractivity contribution in [1.82, 2.24) is 19.5 Å². The normalized spacial score (nSPS) is 30.0. The van der Waals surface area contributed by atoms with Crippen molar-refractivity contribution in [2.24, 2.45) is 0 Å². The third-order valence-corrected chi connectivity index (χ3v) is 4.02. The lowest BCUT2D eigenvalue weighted by atomic mass is 10.0. The number of esters is 1. The molecule has 4 rings (SSSR count). The molecule has 2 N–H and O–H groups in total. The van der Waals surface area contributed by atoms with Gasteiger partial charge >= 0.3 is 5.97 Å². The van der Waals surface area contributed by atoms with Crippen molar-refractivity contribution in [1.29, 1.82) is 0 Å². The molecule has 2 aliphatic heterocycles. The third-order valence-electron chi connectivity index (χ3n) is 4.02. The molecule has 2 bridgehead atoms. The number of nitrogens with zero attached hydrogens (tertiary/aromatic N) is 4. The Morgan fingerprint density at radius 1 is 1.55 bits per heavy atom. The summed E-state index contributed by atoms with van der Waals surface area (Å²) in [4.78, 5) is 23.4. The molecule has 0 unspecified atom stereocenters. The maximum absolute atomic E-state index is 11.0. The Labute approximate surface area is 125 Å². The number of anilines is 1. The molecule has 2 aliphatic rings. The van der Waals surface area contributed by atoms with Crippen molar-refractivity contribution in [2.45, 2.75) is 31.3 Å². The van der Waals surface area contributed by atoms with Crippen molar-refractivity contribution in [2.75, 3.05) is 18.9 Å². The molecule has 9 nitrogen and oxygen atoms in total. The Morgan fingerprint density at radius 2 is 2.41 bits per heavy atom. The average molecular weight is 305 g/mol. The smallest absolute Gasteiger partial charge is 0.302 e. The minimum Gasteiger partial charge on any atom is -0.463 e. The van der Waals surface area contributed by atoms with E-state index in [0.717, 1.165) is 0 Å². The molecule has 2 fully saturated rings. The summed E-state index contributed by atoms with van der Waals surface area (Å²) < 4.78 is 18.8. The minimum absolute atomic E-state index is 0.135. The van der Waals surface area contributed by atoms with Gasteiger partial charge in [-0.1, -0.05) is 0 Å². The van der Waals surface area contributed by atoms with Gasteiger partial charge in [0, 0.05) is 13.3 Å². The van der Waals surface area contributed by atoms with E-state index in [4.69, 9.17) is 19.9 Å². The second-order valence-corrected chi connectivity index (χ2v) is 5.61. The molecule has 4 heterocycles. The van der Waals surface area contributed by atoms with E-state index in [9.17, 15) is 4.79 Å². The van der Waals surface area contributed by atoms with Gasteiger partial charge in [0.1, 0.15) is 30.2 Å². The van der Waals surface area contributed by atoms with E-state index >= 15 is 0 Å². The molecule has 0 aliphatic carbocycles. The van der Waals surface area contributed by atoms with Crippen molar-refractivity contribution in [3.63, 3.8) is 0 Å². The summed E-state index contributed by atoms with van der Waals surface area (Å²) in [6, 6.07) is 0. The predicted octanol–water partition coefficient (Wildman–Crippen LogP) is 0.0281. The summed E-state index contributed by atoms with van der Waals surface area (Å²) in [7, 11) is 0. The number of rotatable bonds is 3. The molecule has 0 amide bonds. The number of imidazole rings is 1. The van der Waals surface area contributed by atoms with Gasteiger partial charge < -0.3 is 19.9 Å². The minimum atomic E-state index is -0.601. The zero-order chi connectivity index (χ0) is 15.3. The quantitative estimate of drug-likeness (QED) is 0.790. The second-order valence-electron chi connectivity index (χ2n) is 5.61. The van der Waals surface area contributed by atoms with E-state index in [1.807, 2.05) is 0 Å².